The summed E-state index contributed by atoms with van der Waals surface area (Å²) in [4.78, 5) is 12.5. The van der Waals surface area contributed by atoms with Crippen LogP contribution in [0.4, 0.5) is 0 Å². The molecule has 0 saturated heterocycles. The van der Waals surface area contributed by atoms with E-state index < -0.39 is 8.07 Å². The van der Waals surface area contributed by atoms with E-state index in [-0.39, 0.29) is 11.9 Å². The van der Waals surface area contributed by atoms with Crippen LogP contribution in [-0.4, -0.2) is 25.7 Å². The minimum atomic E-state index is -1.42. The van der Waals surface area contributed by atoms with Gasteiger partial charge in [0.15, 0.2) is 5.78 Å². The molecule has 0 spiro atoms. The molecular formula is C22H38O2Si. The van der Waals surface area contributed by atoms with E-state index in [4.69, 9.17) is 4.74 Å². The monoisotopic (exact) mass is 362 g/mol. The molecule has 0 saturated carbocycles. The lowest BCUT2D eigenvalue weighted by molar-refractivity contribution is 0.0254. The van der Waals surface area contributed by atoms with Crippen LogP contribution in [0.1, 0.15) is 77.1 Å². The Bertz CT molecular complexity index is 474. The number of carbonyl (C=O) groups excluding carboxylic acids is 1. The molecule has 0 aliphatic heterocycles. The fourth-order valence-electron chi connectivity index (χ4n) is 3.86. The van der Waals surface area contributed by atoms with E-state index in [1.165, 1.54) is 43.8 Å². The Morgan fingerprint density at radius 3 is 2.12 bits per heavy atom. The first-order chi connectivity index (χ1) is 12.0. The van der Waals surface area contributed by atoms with Crippen LogP contribution in [0.3, 0.4) is 0 Å². The molecule has 0 aliphatic rings. The second kappa shape index (κ2) is 11.6. The van der Waals surface area contributed by atoms with Crippen LogP contribution in [0, 0.1) is 0 Å². The second-order valence-corrected chi connectivity index (χ2v) is 12.8. The average molecular weight is 363 g/mol. The molecule has 0 N–H and O–H groups in total. The molecule has 0 aliphatic carbocycles. The first kappa shape index (κ1) is 22.1. The summed E-state index contributed by atoms with van der Waals surface area (Å²) < 4.78 is 6.57. The maximum absolute atomic E-state index is 12.5. The Morgan fingerprint density at radius 1 is 1.00 bits per heavy atom. The predicted octanol–water partition coefficient (Wildman–Crippen LogP) is 6.66. The van der Waals surface area contributed by atoms with Gasteiger partial charge in [-0.2, -0.15) is 0 Å². The largest absolute Gasteiger partial charge is 0.378 e. The van der Waals surface area contributed by atoms with Gasteiger partial charge in [-0.05, 0) is 13.3 Å². The van der Waals surface area contributed by atoms with E-state index in [1.807, 2.05) is 30.3 Å². The zero-order chi connectivity index (χ0) is 18.7. The Kier molecular flexibility index (Phi) is 10.3. The van der Waals surface area contributed by atoms with E-state index >= 15 is 0 Å². The quantitative estimate of drug-likeness (QED) is 0.223. The number of benzene rings is 1. The molecule has 2 unspecified atom stereocenters. The Morgan fingerprint density at radius 2 is 1.60 bits per heavy atom. The molecule has 25 heavy (non-hydrogen) atoms. The second-order valence-electron chi connectivity index (χ2n) is 7.35. The van der Waals surface area contributed by atoms with Crippen molar-refractivity contribution in [3.05, 3.63) is 35.9 Å². The van der Waals surface area contributed by atoms with Crippen molar-refractivity contribution in [3.8, 4) is 0 Å². The molecular weight excluding hydrogens is 324 g/mol. The fourth-order valence-corrected chi connectivity index (χ4v) is 8.07. The van der Waals surface area contributed by atoms with Crippen molar-refractivity contribution in [3.63, 3.8) is 0 Å². The fraction of sp³-hybridized carbons (Fsp3) is 0.682. The summed E-state index contributed by atoms with van der Waals surface area (Å²) in [6.07, 6.45) is 5.41. The minimum absolute atomic E-state index is 0.00384. The first-order valence-corrected chi connectivity index (χ1v) is 13.0. The lowest BCUT2D eigenvalue weighted by Gasteiger charge is -2.38. The standard InChI is InChI=1S/C22H38O2Si/c1-6-10-12-17-22(25(7-2,8-3)9-4)24-19(5)18-21(23)20-15-13-11-14-16-20/h11,13-16,19,22H,6-10,12,17-18H2,1-5H3. The third-order valence-corrected chi connectivity index (χ3v) is 11.8. The molecule has 1 aromatic rings. The van der Waals surface area contributed by atoms with Gasteiger partial charge in [0.25, 0.3) is 0 Å². The molecule has 0 fully saturated rings. The molecule has 0 bridgehead atoms. The first-order valence-electron chi connectivity index (χ1n) is 10.3. The third-order valence-electron chi connectivity index (χ3n) is 5.83. The molecule has 3 heteroatoms. The summed E-state index contributed by atoms with van der Waals surface area (Å²) in [5, 5.41) is 0. The zero-order valence-electron chi connectivity index (χ0n) is 17.0. The van der Waals surface area contributed by atoms with Crippen LogP contribution in [0.25, 0.3) is 0 Å². The minimum Gasteiger partial charge on any atom is -0.378 e. The van der Waals surface area contributed by atoms with Crippen LogP contribution in [0.5, 0.6) is 0 Å². The van der Waals surface area contributed by atoms with Gasteiger partial charge in [-0.1, -0.05) is 95.4 Å². The number of hydrogen-bond acceptors (Lipinski definition) is 2. The number of ketones is 1. The van der Waals surface area contributed by atoms with Gasteiger partial charge in [0.1, 0.15) is 0 Å². The number of rotatable bonds is 13. The lowest BCUT2D eigenvalue weighted by atomic mass is 10.1. The topological polar surface area (TPSA) is 26.3 Å². The highest BCUT2D eigenvalue weighted by Crippen LogP contribution is 2.31. The summed E-state index contributed by atoms with van der Waals surface area (Å²) in [6.45, 7) is 11.4. The van der Waals surface area contributed by atoms with Crippen molar-refractivity contribution >= 4 is 13.9 Å². The van der Waals surface area contributed by atoms with Crippen molar-refractivity contribution in [1.82, 2.24) is 0 Å². The van der Waals surface area contributed by atoms with Crippen molar-refractivity contribution < 1.29 is 9.53 Å². The van der Waals surface area contributed by atoms with Crippen molar-refractivity contribution in [2.75, 3.05) is 0 Å². The summed E-state index contributed by atoms with van der Waals surface area (Å²) in [5.74, 6) is 0.192. The third kappa shape index (κ3) is 6.71. The van der Waals surface area contributed by atoms with E-state index in [1.54, 1.807) is 0 Å². The van der Waals surface area contributed by atoms with Crippen molar-refractivity contribution in [1.29, 1.82) is 0 Å². The Balaban J connectivity index is 2.76. The van der Waals surface area contributed by atoms with Gasteiger partial charge in [0.05, 0.1) is 14.2 Å². The molecule has 0 heterocycles. The van der Waals surface area contributed by atoms with E-state index in [0.29, 0.717) is 12.1 Å². The van der Waals surface area contributed by atoms with Crippen LogP contribution >= 0.6 is 0 Å². The SMILES string of the molecule is CCCCCC(OC(C)CC(=O)c1ccccc1)[Si](CC)(CC)CC. The number of carbonyl (C=O) groups is 1. The molecule has 0 aromatic heterocycles. The Labute approximate surface area is 156 Å². The lowest BCUT2D eigenvalue weighted by Crippen LogP contribution is -2.48. The van der Waals surface area contributed by atoms with E-state index in [2.05, 4.69) is 34.6 Å². The average Bonchev–Trinajstić information content (AvgIpc) is 2.64. The molecule has 142 valence electrons. The summed E-state index contributed by atoms with van der Waals surface area (Å²) in [7, 11) is -1.42. The van der Waals surface area contributed by atoms with Gasteiger partial charge < -0.3 is 4.74 Å². The van der Waals surface area contributed by atoms with Crippen LogP contribution < -0.4 is 0 Å². The van der Waals surface area contributed by atoms with Gasteiger partial charge in [0.2, 0.25) is 0 Å². The molecule has 0 radical (unpaired) electrons. The molecule has 1 aromatic carbocycles. The predicted molar refractivity (Wildman–Crippen MR) is 111 cm³/mol. The number of unbranched alkanes of at least 4 members (excludes halogenated alkanes) is 2. The van der Waals surface area contributed by atoms with Crippen molar-refractivity contribution in [2.45, 2.75) is 96.7 Å². The van der Waals surface area contributed by atoms with Crippen LogP contribution in [0.15, 0.2) is 30.3 Å². The zero-order valence-corrected chi connectivity index (χ0v) is 18.0. The molecule has 1 rings (SSSR count). The summed E-state index contributed by atoms with van der Waals surface area (Å²) in [6, 6.07) is 13.4. The highest BCUT2D eigenvalue weighted by molar-refractivity contribution is 6.80. The normalized spacial score (nSPS) is 14.3. The Hall–Kier alpha value is -0.933. The highest BCUT2D eigenvalue weighted by atomic mass is 28.3. The van der Waals surface area contributed by atoms with Gasteiger partial charge in [-0.15, -0.1) is 0 Å². The van der Waals surface area contributed by atoms with Gasteiger partial charge >= 0.3 is 0 Å². The van der Waals surface area contributed by atoms with Gasteiger partial charge in [0, 0.05) is 17.7 Å². The number of ether oxygens (including phenoxy) is 1. The van der Waals surface area contributed by atoms with Crippen LogP contribution in [0.2, 0.25) is 18.1 Å². The maximum Gasteiger partial charge on any atom is 0.165 e. The smallest absolute Gasteiger partial charge is 0.165 e. The number of hydrogen-bond donors (Lipinski definition) is 0. The number of Topliss-reactive ketones (excluding diaryl/α,β-unsaturated/α-hetero) is 1. The van der Waals surface area contributed by atoms with Crippen LogP contribution in [-0.2, 0) is 4.74 Å². The molecule has 2 atom stereocenters. The highest BCUT2D eigenvalue weighted by Gasteiger charge is 2.37. The summed E-state index contributed by atoms with van der Waals surface area (Å²) in [5.41, 5.74) is 1.18. The van der Waals surface area contributed by atoms with Crippen molar-refractivity contribution in [2.24, 2.45) is 0 Å². The molecule has 0 amide bonds. The van der Waals surface area contributed by atoms with Gasteiger partial charge in [-0.3, -0.25) is 4.79 Å². The summed E-state index contributed by atoms with van der Waals surface area (Å²) >= 11 is 0. The maximum atomic E-state index is 12.5. The van der Waals surface area contributed by atoms with E-state index in [0.717, 1.165) is 5.56 Å². The van der Waals surface area contributed by atoms with Gasteiger partial charge in [-0.25, -0.2) is 0 Å². The molecule has 2 nitrogen and oxygen atoms in total. The van der Waals surface area contributed by atoms with E-state index in [9.17, 15) is 4.79 Å².